The smallest absolute Gasteiger partial charge is 0.0555 e. The molecular formula is C42H27NS. The van der Waals surface area contributed by atoms with Crippen LogP contribution in [-0.4, -0.2) is 0 Å². The average Bonchev–Trinajstić information content (AvgIpc) is 3.42. The number of nitrogens with zero attached hydrogens (tertiary/aromatic N) is 1. The van der Waals surface area contributed by atoms with E-state index in [-0.39, 0.29) is 5.92 Å². The number of hydrogen-bond acceptors (Lipinski definition) is 2. The van der Waals surface area contributed by atoms with Crippen LogP contribution in [0.2, 0.25) is 0 Å². The van der Waals surface area contributed by atoms with Crippen molar-refractivity contribution in [3.63, 3.8) is 0 Å². The maximum absolute atomic E-state index is 2.52. The normalized spacial score (nSPS) is 17.1. The third-order valence-electron chi connectivity index (χ3n) is 9.81. The first-order valence-corrected chi connectivity index (χ1v) is 16.2. The summed E-state index contributed by atoms with van der Waals surface area (Å²) in [6, 6.07) is 49.6. The van der Waals surface area contributed by atoms with E-state index < -0.39 is 0 Å². The largest absolute Gasteiger partial charge is 0.309 e. The number of rotatable bonds is 3. The monoisotopic (exact) mass is 577 g/mol. The molecule has 2 unspecified atom stereocenters. The topological polar surface area (TPSA) is 3.24 Å². The SMILES string of the molecule is C1=CC2c3cccc4c3-c3cccc(N(c5ccccc5)c5cccc6sc7ccccc7c56)c3C(=C1)C2c1ccccc1-4. The summed E-state index contributed by atoms with van der Waals surface area (Å²) in [5.74, 6) is 0.538. The highest BCUT2D eigenvalue weighted by molar-refractivity contribution is 7.26. The van der Waals surface area contributed by atoms with Gasteiger partial charge < -0.3 is 4.90 Å². The minimum atomic E-state index is 0.243. The van der Waals surface area contributed by atoms with Gasteiger partial charge in [0.15, 0.2) is 0 Å². The van der Waals surface area contributed by atoms with E-state index in [1.54, 1.807) is 0 Å². The predicted octanol–water partition coefficient (Wildman–Crippen LogP) is 12.0. The molecule has 206 valence electrons. The van der Waals surface area contributed by atoms with Gasteiger partial charge in [-0.25, -0.2) is 0 Å². The maximum atomic E-state index is 2.52. The van der Waals surface area contributed by atoms with Crippen molar-refractivity contribution in [1.29, 1.82) is 0 Å². The Balaban J connectivity index is 1.35. The van der Waals surface area contributed by atoms with E-state index in [0.29, 0.717) is 5.92 Å². The third-order valence-corrected chi connectivity index (χ3v) is 10.9. The van der Waals surface area contributed by atoms with Crippen molar-refractivity contribution in [3.8, 4) is 22.3 Å². The number of allylic oxidation sites excluding steroid dienone is 4. The van der Waals surface area contributed by atoms with Gasteiger partial charge in [-0.3, -0.25) is 0 Å². The van der Waals surface area contributed by atoms with Gasteiger partial charge in [0.05, 0.1) is 11.4 Å². The van der Waals surface area contributed by atoms with Crippen LogP contribution in [0.15, 0.2) is 152 Å². The van der Waals surface area contributed by atoms with E-state index >= 15 is 0 Å². The molecule has 0 amide bonds. The van der Waals surface area contributed by atoms with Crippen molar-refractivity contribution in [2.45, 2.75) is 11.8 Å². The van der Waals surface area contributed by atoms with Gasteiger partial charge in [0, 0.05) is 43.3 Å². The van der Waals surface area contributed by atoms with Crippen LogP contribution < -0.4 is 4.90 Å². The summed E-state index contributed by atoms with van der Waals surface area (Å²) in [6.07, 6.45) is 7.12. The second-order valence-electron chi connectivity index (χ2n) is 12.0. The summed E-state index contributed by atoms with van der Waals surface area (Å²) in [7, 11) is 0. The van der Waals surface area contributed by atoms with Crippen molar-refractivity contribution in [3.05, 3.63) is 168 Å². The highest BCUT2D eigenvalue weighted by atomic mass is 32.1. The zero-order chi connectivity index (χ0) is 28.8. The summed E-state index contributed by atoms with van der Waals surface area (Å²) in [6.45, 7) is 0. The lowest BCUT2D eigenvalue weighted by atomic mass is 9.73. The molecule has 6 aromatic carbocycles. The fourth-order valence-electron chi connectivity index (χ4n) is 8.12. The van der Waals surface area contributed by atoms with Gasteiger partial charge in [0.25, 0.3) is 0 Å². The van der Waals surface area contributed by atoms with E-state index in [1.807, 2.05) is 11.3 Å². The zero-order valence-corrected chi connectivity index (χ0v) is 24.8. The van der Waals surface area contributed by atoms with Crippen molar-refractivity contribution >= 4 is 54.1 Å². The lowest BCUT2D eigenvalue weighted by molar-refractivity contribution is 0.758. The molecule has 6 bridgehead atoms. The van der Waals surface area contributed by atoms with Gasteiger partial charge in [-0.05, 0) is 75.4 Å². The Hall–Kier alpha value is -5.18. The standard InChI is InChI=1S/C42H27NS/c1-2-12-26(13-3-1)43(36-23-11-25-38-42(36)32-16-6-7-24-37(32)44-38)35-22-10-21-34-40-29-17-8-18-30(40)31-19-9-20-33(41(34)35)39(31)28-15-5-4-14-27(28)29/h1-25,31,39H. The van der Waals surface area contributed by atoms with E-state index in [0.717, 1.165) is 0 Å². The number of para-hydroxylation sites is 1. The van der Waals surface area contributed by atoms with E-state index in [4.69, 9.17) is 0 Å². The molecule has 0 saturated heterocycles. The summed E-state index contributed by atoms with van der Waals surface area (Å²) >= 11 is 1.88. The van der Waals surface area contributed by atoms with Crippen LogP contribution in [0.1, 0.15) is 28.5 Å². The van der Waals surface area contributed by atoms with Crippen LogP contribution in [0, 0.1) is 0 Å². The van der Waals surface area contributed by atoms with Gasteiger partial charge >= 0.3 is 0 Å². The fourth-order valence-corrected chi connectivity index (χ4v) is 9.25. The molecule has 7 aromatic rings. The second-order valence-corrected chi connectivity index (χ2v) is 13.1. The van der Waals surface area contributed by atoms with Gasteiger partial charge in [0.2, 0.25) is 0 Å². The van der Waals surface area contributed by atoms with Crippen molar-refractivity contribution in [2.75, 3.05) is 4.90 Å². The minimum absolute atomic E-state index is 0.243. The molecular weight excluding hydrogens is 551 g/mol. The Kier molecular flexibility index (Phi) is 5.05. The molecule has 3 aliphatic rings. The number of anilines is 3. The summed E-state index contributed by atoms with van der Waals surface area (Å²) < 4.78 is 2.63. The van der Waals surface area contributed by atoms with Crippen LogP contribution in [-0.2, 0) is 0 Å². The number of fused-ring (bicyclic) bond motifs is 7. The molecule has 2 heteroatoms. The number of thiophene rings is 1. The van der Waals surface area contributed by atoms with E-state index in [1.165, 1.54) is 81.8 Å². The molecule has 1 aromatic heterocycles. The van der Waals surface area contributed by atoms with Gasteiger partial charge in [-0.15, -0.1) is 11.3 Å². The summed E-state index contributed by atoms with van der Waals surface area (Å²) in [5.41, 5.74) is 14.6. The van der Waals surface area contributed by atoms with Crippen molar-refractivity contribution < 1.29 is 0 Å². The van der Waals surface area contributed by atoms with Crippen LogP contribution in [0.5, 0.6) is 0 Å². The Morgan fingerprint density at radius 1 is 0.523 bits per heavy atom. The Morgan fingerprint density at radius 2 is 1.23 bits per heavy atom. The molecule has 0 fully saturated rings. The molecule has 44 heavy (non-hydrogen) atoms. The highest BCUT2D eigenvalue weighted by Crippen LogP contribution is 2.61. The van der Waals surface area contributed by atoms with Crippen LogP contribution in [0.4, 0.5) is 17.1 Å². The lowest BCUT2D eigenvalue weighted by Crippen LogP contribution is -2.16. The molecule has 0 saturated carbocycles. The molecule has 1 heterocycles. The molecule has 0 radical (unpaired) electrons. The maximum Gasteiger partial charge on any atom is 0.0555 e. The zero-order valence-electron chi connectivity index (χ0n) is 23.9. The molecule has 0 spiro atoms. The quantitative estimate of drug-likeness (QED) is 0.202. The van der Waals surface area contributed by atoms with Gasteiger partial charge in [-0.2, -0.15) is 0 Å². The summed E-state index contributed by atoms with van der Waals surface area (Å²) in [4.78, 5) is 2.52. The Labute approximate surface area is 260 Å². The van der Waals surface area contributed by atoms with Crippen LogP contribution in [0.3, 0.4) is 0 Å². The number of hydrogen-bond donors (Lipinski definition) is 0. The molecule has 0 N–H and O–H groups in total. The minimum Gasteiger partial charge on any atom is -0.309 e. The Bertz CT molecular complexity index is 2360. The second kappa shape index (κ2) is 9.16. The fraction of sp³-hybridized carbons (Fsp3) is 0.0476. The van der Waals surface area contributed by atoms with Gasteiger partial charge in [0.1, 0.15) is 0 Å². The molecule has 1 nitrogen and oxygen atoms in total. The van der Waals surface area contributed by atoms with Crippen molar-refractivity contribution in [2.24, 2.45) is 0 Å². The highest BCUT2D eigenvalue weighted by Gasteiger charge is 2.41. The first-order valence-electron chi connectivity index (χ1n) is 15.4. The molecule has 3 aliphatic carbocycles. The average molecular weight is 578 g/mol. The van der Waals surface area contributed by atoms with Crippen LogP contribution >= 0.6 is 11.3 Å². The number of benzene rings is 6. The summed E-state index contributed by atoms with van der Waals surface area (Å²) in [5, 5.41) is 2.63. The predicted molar refractivity (Wildman–Crippen MR) is 187 cm³/mol. The van der Waals surface area contributed by atoms with E-state index in [9.17, 15) is 0 Å². The lowest BCUT2D eigenvalue weighted by Gasteiger charge is -2.34. The Morgan fingerprint density at radius 3 is 2.18 bits per heavy atom. The van der Waals surface area contributed by atoms with Crippen molar-refractivity contribution in [1.82, 2.24) is 0 Å². The third kappa shape index (κ3) is 3.24. The van der Waals surface area contributed by atoms with Gasteiger partial charge in [-0.1, -0.05) is 115 Å². The molecule has 0 aliphatic heterocycles. The molecule has 10 rings (SSSR count). The van der Waals surface area contributed by atoms with Crippen LogP contribution in [0.25, 0.3) is 48.0 Å². The van der Waals surface area contributed by atoms with E-state index in [2.05, 4.69) is 157 Å². The first-order chi connectivity index (χ1) is 21.9. The first kappa shape index (κ1) is 24.3. The molecule has 2 atom stereocenters.